The third kappa shape index (κ3) is 6.39. The maximum absolute atomic E-state index is 11.9. The number of anilines is 1. The molecular formula is C21H26ClN7O2. The zero-order valence-corrected chi connectivity index (χ0v) is 18.4. The second kappa shape index (κ2) is 10.7. The van der Waals surface area contributed by atoms with Crippen molar-refractivity contribution in [3.05, 3.63) is 41.1 Å². The van der Waals surface area contributed by atoms with Gasteiger partial charge in [0, 0.05) is 19.8 Å². The zero-order valence-electron chi connectivity index (χ0n) is 17.6. The number of carbonyl (C=O) groups is 1. The lowest BCUT2D eigenvalue weighted by atomic mass is 10.2. The summed E-state index contributed by atoms with van der Waals surface area (Å²) in [5.41, 5.74) is 9.96. The van der Waals surface area contributed by atoms with Gasteiger partial charge in [-0.05, 0) is 61.9 Å². The number of alkyl carbamates (subject to hydrolysis) is 1. The Morgan fingerprint density at radius 3 is 2.97 bits per heavy atom. The maximum atomic E-state index is 11.9. The first kappa shape index (κ1) is 22.5. The molecule has 0 spiro atoms. The van der Waals surface area contributed by atoms with Gasteiger partial charge in [-0.15, -0.1) is 0 Å². The first-order valence-corrected chi connectivity index (χ1v) is 10.4. The lowest BCUT2D eigenvalue weighted by molar-refractivity contribution is 0.143. The molecule has 3 rings (SSSR count). The molecule has 0 saturated carbocycles. The first-order chi connectivity index (χ1) is 14.9. The highest BCUT2D eigenvalue weighted by molar-refractivity contribution is 6.28. The van der Waals surface area contributed by atoms with E-state index in [1.54, 1.807) is 19.5 Å². The van der Waals surface area contributed by atoms with Gasteiger partial charge in [-0.25, -0.2) is 14.8 Å². The largest absolute Gasteiger partial charge is 0.450 e. The lowest BCUT2D eigenvalue weighted by Crippen LogP contribution is -2.24. The third-order valence-corrected chi connectivity index (χ3v) is 4.88. The van der Waals surface area contributed by atoms with Crippen LogP contribution in [0.2, 0.25) is 5.28 Å². The number of fused-ring (bicyclic) bond motifs is 1. The van der Waals surface area contributed by atoms with Crippen LogP contribution < -0.4 is 11.1 Å². The summed E-state index contributed by atoms with van der Waals surface area (Å²) >= 11 is 5.75. The minimum Gasteiger partial charge on any atom is -0.450 e. The van der Waals surface area contributed by atoms with Gasteiger partial charge in [-0.3, -0.25) is 4.99 Å². The van der Waals surface area contributed by atoms with E-state index in [1.807, 2.05) is 29.8 Å². The van der Waals surface area contributed by atoms with Crippen LogP contribution in [-0.4, -0.2) is 38.4 Å². The molecule has 0 fully saturated rings. The number of imidazole rings is 1. The molecule has 9 nitrogen and oxygen atoms in total. The molecule has 0 unspecified atom stereocenters. The van der Waals surface area contributed by atoms with Crippen molar-refractivity contribution in [2.45, 2.75) is 39.2 Å². The topological polar surface area (TPSA) is 120 Å². The number of hydrogen-bond donors (Lipinski definition) is 2. The summed E-state index contributed by atoms with van der Waals surface area (Å²) < 4.78 is 7.18. The number of carbonyl (C=O) groups excluding carboxylic acids is 1. The van der Waals surface area contributed by atoms with Crippen LogP contribution >= 0.6 is 11.6 Å². The fourth-order valence-corrected chi connectivity index (χ4v) is 3.27. The van der Waals surface area contributed by atoms with Crippen LogP contribution in [0, 0.1) is 6.92 Å². The van der Waals surface area contributed by atoms with Crippen LogP contribution in [0.1, 0.15) is 36.9 Å². The Labute approximate surface area is 185 Å². The van der Waals surface area contributed by atoms with Gasteiger partial charge >= 0.3 is 6.09 Å². The summed E-state index contributed by atoms with van der Waals surface area (Å²) in [7, 11) is 1.94. The number of nitrogen functional groups attached to an aromatic ring is 1. The summed E-state index contributed by atoms with van der Waals surface area (Å²) in [6.07, 6.45) is 6.56. The molecule has 0 aliphatic heterocycles. The molecule has 0 aliphatic rings. The van der Waals surface area contributed by atoms with Gasteiger partial charge in [0.05, 0.1) is 29.7 Å². The summed E-state index contributed by atoms with van der Waals surface area (Å²) in [6, 6.07) is 5.90. The second-order valence-electron chi connectivity index (χ2n) is 7.14. The van der Waals surface area contributed by atoms with Gasteiger partial charge in [-0.2, -0.15) is 4.98 Å². The molecule has 10 heteroatoms. The Morgan fingerprint density at radius 2 is 2.16 bits per heavy atom. The fourth-order valence-electron chi connectivity index (χ4n) is 3.06. The van der Waals surface area contributed by atoms with Crippen LogP contribution in [0.25, 0.3) is 11.0 Å². The van der Waals surface area contributed by atoms with Crippen LogP contribution in [0.5, 0.6) is 0 Å². The number of rotatable bonds is 9. The lowest BCUT2D eigenvalue weighted by Gasteiger charge is -2.07. The van der Waals surface area contributed by atoms with Gasteiger partial charge in [-0.1, -0.05) is 6.07 Å². The third-order valence-electron chi connectivity index (χ3n) is 4.72. The molecule has 3 N–H and O–H groups in total. The van der Waals surface area contributed by atoms with Crippen molar-refractivity contribution in [2.75, 3.05) is 12.3 Å². The molecule has 164 valence electrons. The Balaban J connectivity index is 1.29. The van der Waals surface area contributed by atoms with Gasteiger partial charge < -0.3 is 20.4 Å². The van der Waals surface area contributed by atoms with Gasteiger partial charge in [0.1, 0.15) is 5.69 Å². The van der Waals surface area contributed by atoms with E-state index < -0.39 is 6.09 Å². The number of nitrogens with one attached hydrogen (secondary N) is 1. The molecular weight excluding hydrogens is 418 g/mol. The minimum atomic E-state index is -0.416. The Morgan fingerprint density at radius 1 is 1.32 bits per heavy atom. The van der Waals surface area contributed by atoms with Gasteiger partial charge in [0.25, 0.3) is 0 Å². The number of nitrogens with zero attached hydrogens (tertiary/aromatic N) is 5. The van der Waals surface area contributed by atoms with E-state index in [1.165, 1.54) is 0 Å². The number of aryl methyl sites for hydroxylation is 2. The van der Waals surface area contributed by atoms with Crippen molar-refractivity contribution in [1.29, 1.82) is 0 Å². The Kier molecular flexibility index (Phi) is 7.77. The minimum absolute atomic E-state index is 0.118. The van der Waals surface area contributed by atoms with Crippen molar-refractivity contribution < 1.29 is 9.53 Å². The molecule has 2 aromatic heterocycles. The standard InChI is InChI=1S/C21H26ClN7O2/c1-14-18(19(23)28-20(22)27-14)24-9-5-3-4-6-10-31-21(30)25-12-15-7-8-16-17(11-15)29(2)13-26-16/h7-9,11,13H,3-6,10,12H2,1-2H3,(H,25,30)(H2,23,27,28). The van der Waals surface area contributed by atoms with Gasteiger partial charge in [0.2, 0.25) is 5.28 Å². The molecule has 1 amide bonds. The number of unbranched alkanes of at least 4 members (excludes halogenated alkanes) is 3. The first-order valence-electron chi connectivity index (χ1n) is 10.1. The number of aromatic nitrogens is 4. The summed E-state index contributed by atoms with van der Waals surface area (Å²) in [6.45, 7) is 2.57. The van der Waals surface area contributed by atoms with Crippen LogP contribution in [0.4, 0.5) is 16.3 Å². The number of ether oxygens (including phenoxy) is 1. The SMILES string of the molecule is Cc1nc(Cl)nc(N)c1N=CCCCCCOC(=O)NCc1ccc2ncn(C)c2c1. The van der Waals surface area contributed by atoms with E-state index in [-0.39, 0.29) is 11.1 Å². The molecule has 2 heterocycles. The molecule has 0 bridgehead atoms. The van der Waals surface area contributed by atoms with Crippen LogP contribution in [0.3, 0.4) is 0 Å². The predicted octanol–water partition coefficient (Wildman–Crippen LogP) is 4.10. The van der Waals surface area contributed by atoms with E-state index in [9.17, 15) is 4.79 Å². The van der Waals surface area contributed by atoms with E-state index in [0.29, 0.717) is 24.5 Å². The number of benzene rings is 1. The fraction of sp³-hybridized carbons (Fsp3) is 0.381. The summed E-state index contributed by atoms with van der Waals surface area (Å²) in [5.74, 6) is 0.272. The Hall–Kier alpha value is -3.20. The molecule has 31 heavy (non-hydrogen) atoms. The highest BCUT2D eigenvalue weighted by Gasteiger charge is 2.06. The smallest absolute Gasteiger partial charge is 0.407 e. The molecule has 0 radical (unpaired) electrons. The monoisotopic (exact) mass is 443 g/mol. The number of hydrogen-bond acceptors (Lipinski definition) is 7. The highest BCUT2D eigenvalue weighted by atomic mass is 35.5. The molecule has 0 atom stereocenters. The number of halogens is 1. The van der Waals surface area contributed by atoms with Crippen LogP contribution in [0.15, 0.2) is 29.5 Å². The average molecular weight is 444 g/mol. The molecule has 3 aromatic rings. The number of amides is 1. The maximum Gasteiger partial charge on any atom is 0.407 e. The van der Waals surface area contributed by atoms with Crippen molar-refractivity contribution in [2.24, 2.45) is 12.0 Å². The average Bonchev–Trinajstić information content (AvgIpc) is 3.10. The van der Waals surface area contributed by atoms with E-state index in [0.717, 1.165) is 42.3 Å². The zero-order chi connectivity index (χ0) is 22.2. The van der Waals surface area contributed by atoms with Crippen molar-refractivity contribution in [1.82, 2.24) is 24.8 Å². The summed E-state index contributed by atoms with van der Waals surface area (Å²) in [5, 5.41) is 2.89. The normalized spacial score (nSPS) is 11.3. The molecule has 1 aromatic carbocycles. The van der Waals surface area contributed by atoms with Crippen LogP contribution in [-0.2, 0) is 18.3 Å². The van der Waals surface area contributed by atoms with E-state index in [2.05, 4.69) is 25.3 Å². The van der Waals surface area contributed by atoms with Crippen molar-refractivity contribution in [3.63, 3.8) is 0 Å². The second-order valence-corrected chi connectivity index (χ2v) is 7.48. The van der Waals surface area contributed by atoms with E-state index in [4.69, 9.17) is 22.1 Å². The Bertz CT molecular complexity index is 1060. The molecule has 0 aliphatic carbocycles. The number of nitrogens with two attached hydrogens (primary N) is 1. The highest BCUT2D eigenvalue weighted by Crippen LogP contribution is 2.24. The quantitative estimate of drug-likeness (QED) is 0.292. The van der Waals surface area contributed by atoms with E-state index >= 15 is 0 Å². The van der Waals surface area contributed by atoms with Gasteiger partial charge in [0.15, 0.2) is 5.82 Å². The molecule has 0 saturated heterocycles. The predicted molar refractivity (Wildman–Crippen MR) is 122 cm³/mol. The van der Waals surface area contributed by atoms with Crippen molar-refractivity contribution in [3.8, 4) is 0 Å². The number of aliphatic imine (C=N–C) groups is 1. The van der Waals surface area contributed by atoms with Crippen molar-refractivity contribution >= 4 is 46.4 Å². The summed E-state index contributed by atoms with van der Waals surface area (Å²) in [4.78, 5) is 28.4.